The van der Waals surface area contributed by atoms with Crippen LogP contribution < -0.4 is 20.1 Å². The third-order valence-corrected chi connectivity index (χ3v) is 3.53. The van der Waals surface area contributed by atoms with Crippen LogP contribution in [-0.2, 0) is 6.54 Å². The van der Waals surface area contributed by atoms with E-state index in [1.54, 1.807) is 14.2 Å². The highest BCUT2D eigenvalue weighted by atomic mass is 127. The average molecular weight is 476 g/mol. The number of ether oxygens (including phenoxy) is 2. The molecule has 7 heteroatoms. The first-order chi connectivity index (χ1) is 11.7. The standard InChI is InChI=1S/C18H22ClN3O2.HI/c1-4-24-16-9-8-15(11-17(16)23-3)22-18(20-2)21-12-13-6-5-7-14(19)10-13;/h5-11H,4,12H2,1-3H3,(H2,20,21,22);1H. The van der Waals surface area contributed by atoms with Crippen LogP contribution in [0, 0.1) is 0 Å². The second-order valence-electron chi connectivity index (χ2n) is 4.98. The average Bonchev–Trinajstić information content (AvgIpc) is 2.60. The van der Waals surface area contributed by atoms with Crippen molar-refractivity contribution in [3.8, 4) is 11.5 Å². The maximum atomic E-state index is 6.00. The zero-order valence-electron chi connectivity index (χ0n) is 14.5. The molecule has 0 atom stereocenters. The summed E-state index contributed by atoms with van der Waals surface area (Å²) in [6.07, 6.45) is 0. The van der Waals surface area contributed by atoms with E-state index >= 15 is 0 Å². The number of halogens is 2. The molecular formula is C18H23ClIN3O2. The number of nitrogens with zero attached hydrogens (tertiary/aromatic N) is 1. The number of benzene rings is 2. The maximum absolute atomic E-state index is 6.00. The minimum Gasteiger partial charge on any atom is -0.493 e. The Kier molecular flexibility index (Phi) is 9.44. The molecule has 25 heavy (non-hydrogen) atoms. The van der Waals surface area contributed by atoms with Crippen molar-refractivity contribution in [2.75, 3.05) is 26.1 Å². The fourth-order valence-corrected chi connectivity index (χ4v) is 2.38. The van der Waals surface area contributed by atoms with Crippen LogP contribution in [0.25, 0.3) is 0 Å². The minimum atomic E-state index is 0. The van der Waals surface area contributed by atoms with Gasteiger partial charge in [0.1, 0.15) is 0 Å². The Bertz CT molecular complexity index is 710. The summed E-state index contributed by atoms with van der Waals surface area (Å²) in [4.78, 5) is 4.22. The number of nitrogens with one attached hydrogen (secondary N) is 2. The van der Waals surface area contributed by atoms with E-state index in [9.17, 15) is 0 Å². The molecule has 0 aromatic heterocycles. The van der Waals surface area contributed by atoms with Crippen molar-refractivity contribution < 1.29 is 9.47 Å². The highest BCUT2D eigenvalue weighted by molar-refractivity contribution is 14.0. The van der Waals surface area contributed by atoms with Crippen LogP contribution in [-0.4, -0.2) is 26.7 Å². The molecule has 0 aliphatic carbocycles. The molecular weight excluding hydrogens is 453 g/mol. The molecule has 136 valence electrons. The van der Waals surface area contributed by atoms with E-state index in [1.807, 2.05) is 49.4 Å². The van der Waals surface area contributed by atoms with E-state index in [0.29, 0.717) is 35.6 Å². The van der Waals surface area contributed by atoms with Crippen molar-refractivity contribution in [3.63, 3.8) is 0 Å². The van der Waals surface area contributed by atoms with E-state index in [1.165, 1.54) is 0 Å². The molecule has 5 nitrogen and oxygen atoms in total. The molecule has 2 aromatic rings. The molecule has 0 unspecified atom stereocenters. The molecule has 2 N–H and O–H groups in total. The van der Waals surface area contributed by atoms with E-state index in [2.05, 4.69) is 15.6 Å². The lowest BCUT2D eigenvalue weighted by atomic mass is 10.2. The summed E-state index contributed by atoms with van der Waals surface area (Å²) in [5.74, 6) is 2.04. The summed E-state index contributed by atoms with van der Waals surface area (Å²) < 4.78 is 10.9. The Morgan fingerprint density at radius 1 is 1.16 bits per heavy atom. The topological polar surface area (TPSA) is 54.9 Å². The summed E-state index contributed by atoms with van der Waals surface area (Å²) in [5.41, 5.74) is 1.93. The molecule has 0 heterocycles. The van der Waals surface area contributed by atoms with Crippen molar-refractivity contribution in [2.24, 2.45) is 4.99 Å². The van der Waals surface area contributed by atoms with Crippen LogP contribution in [0.3, 0.4) is 0 Å². The van der Waals surface area contributed by atoms with Crippen LogP contribution >= 0.6 is 35.6 Å². The molecule has 0 fully saturated rings. The molecule has 0 spiro atoms. The lowest BCUT2D eigenvalue weighted by Crippen LogP contribution is -2.30. The van der Waals surface area contributed by atoms with Crippen LogP contribution in [0.15, 0.2) is 47.5 Å². The minimum absolute atomic E-state index is 0. The lowest BCUT2D eigenvalue weighted by Gasteiger charge is -2.14. The first kappa shape index (κ1) is 21.4. The van der Waals surface area contributed by atoms with E-state index in [-0.39, 0.29) is 24.0 Å². The zero-order chi connectivity index (χ0) is 17.4. The van der Waals surface area contributed by atoms with Crippen LogP contribution in [0.1, 0.15) is 12.5 Å². The molecule has 0 aliphatic rings. The predicted octanol–water partition coefficient (Wildman–Crippen LogP) is 4.55. The Balaban J connectivity index is 0.00000312. The molecule has 0 saturated heterocycles. The summed E-state index contributed by atoms with van der Waals surface area (Å²) in [6, 6.07) is 13.4. The molecule has 0 saturated carbocycles. The van der Waals surface area contributed by atoms with Crippen molar-refractivity contribution >= 4 is 47.2 Å². The predicted molar refractivity (Wildman–Crippen MR) is 115 cm³/mol. The Labute approximate surface area is 170 Å². The van der Waals surface area contributed by atoms with Gasteiger partial charge in [-0.15, -0.1) is 24.0 Å². The van der Waals surface area contributed by atoms with E-state index in [4.69, 9.17) is 21.1 Å². The molecule has 0 radical (unpaired) electrons. The van der Waals surface area contributed by atoms with Crippen molar-refractivity contribution in [2.45, 2.75) is 13.5 Å². The third kappa shape index (κ3) is 6.62. The van der Waals surface area contributed by atoms with Gasteiger partial charge in [-0.3, -0.25) is 4.99 Å². The van der Waals surface area contributed by atoms with Gasteiger partial charge in [0.2, 0.25) is 0 Å². The van der Waals surface area contributed by atoms with Crippen LogP contribution in [0.4, 0.5) is 5.69 Å². The van der Waals surface area contributed by atoms with Crippen molar-refractivity contribution in [1.82, 2.24) is 5.32 Å². The van der Waals surface area contributed by atoms with Gasteiger partial charge in [-0.05, 0) is 36.8 Å². The summed E-state index contributed by atoms with van der Waals surface area (Å²) in [5, 5.41) is 7.19. The number of rotatable bonds is 6. The van der Waals surface area contributed by atoms with E-state index in [0.717, 1.165) is 11.3 Å². The quantitative estimate of drug-likeness (QED) is 0.366. The fraction of sp³-hybridized carbons (Fsp3) is 0.278. The Morgan fingerprint density at radius 3 is 2.60 bits per heavy atom. The number of aliphatic imine (C=N–C) groups is 1. The summed E-state index contributed by atoms with van der Waals surface area (Å²) >= 11 is 6.00. The number of anilines is 1. The Hall–Kier alpha value is -1.67. The second kappa shape index (κ2) is 11.0. The number of hydrogen-bond donors (Lipinski definition) is 2. The first-order valence-electron chi connectivity index (χ1n) is 7.69. The third-order valence-electron chi connectivity index (χ3n) is 3.30. The zero-order valence-corrected chi connectivity index (χ0v) is 17.6. The highest BCUT2D eigenvalue weighted by Crippen LogP contribution is 2.30. The fourth-order valence-electron chi connectivity index (χ4n) is 2.17. The number of guanidine groups is 1. The maximum Gasteiger partial charge on any atom is 0.195 e. The van der Waals surface area contributed by atoms with Gasteiger partial charge in [0.25, 0.3) is 0 Å². The van der Waals surface area contributed by atoms with Gasteiger partial charge in [0.05, 0.1) is 13.7 Å². The first-order valence-corrected chi connectivity index (χ1v) is 8.07. The molecule has 0 amide bonds. The van der Waals surface area contributed by atoms with E-state index < -0.39 is 0 Å². The molecule has 2 aromatic carbocycles. The van der Waals surface area contributed by atoms with Gasteiger partial charge >= 0.3 is 0 Å². The van der Waals surface area contributed by atoms with Gasteiger partial charge in [0, 0.05) is 30.4 Å². The molecule has 0 bridgehead atoms. The summed E-state index contributed by atoms with van der Waals surface area (Å²) in [7, 11) is 3.34. The lowest BCUT2D eigenvalue weighted by molar-refractivity contribution is 0.311. The SMILES string of the molecule is CCOc1ccc(NC(=NC)NCc2cccc(Cl)c2)cc1OC.I. The van der Waals surface area contributed by atoms with Crippen molar-refractivity contribution in [1.29, 1.82) is 0 Å². The summed E-state index contributed by atoms with van der Waals surface area (Å²) in [6.45, 7) is 3.15. The highest BCUT2D eigenvalue weighted by Gasteiger charge is 2.07. The number of hydrogen-bond acceptors (Lipinski definition) is 3. The van der Waals surface area contributed by atoms with Gasteiger partial charge in [0.15, 0.2) is 17.5 Å². The van der Waals surface area contributed by atoms with Gasteiger partial charge in [-0.1, -0.05) is 23.7 Å². The second-order valence-corrected chi connectivity index (χ2v) is 5.42. The smallest absolute Gasteiger partial charge is 0.195 e. The van der Waals surface area contributed by atoms with Crippen LogP contribution in [0.2, 0.25) is 5.02 Å². The monoisotopic (exact) mass is 475 g/mol. The van der Waals surface area contributed by atoms with Gasteiger partial charge in [-0.25, -0.2) is 0 Å². The van der Waals surface area contributed by atoms with Gasteiger partial charge < -0.3 is 20.1 Å². The Morgan fingerprint density at radius 2 is 1.96 bits per heavy atom. The number of methoxy groups -OCH3 is 1. The molecule has 0 aliphatic heterocycles. The van der Waals surface area contributed by atoms with Gasteiger partial charge in [-0.2, -0.15) is 0 Å². The molecule has 2 rings (SSSR count). The normalized spacial score (nSPS) is 10.6. The largest absolute Gasteiger partial charge is 0.493 e. The van der Waals surface area contributed by atoms with Crippen LogP contribution in [0.5, 0.6) is 11.5 Å². The van der Waals surface area contributed by atoms with Crippen molar-refractivity contribution in [3.05, 3.63) is 53.1 Å².